The predicted octanol–water partition coefficient (Wildman–Crippen LogP) is 4.14. The lowest BCUT2D eigenvalue weighted by molar-refractivity contribution is -0.128. The van der Waals surface area contributed by atoms with Crippen molar-refractivity contribution in [2.24, 2.45) is 0 Å². The molecule has 0 radical (unpaired) electrons. The number of ether oxygens (including phenoxy) is 1. The molecule has 2 aromatic rings. The van der Waals surface area contributed by atoms with E-state index in [4.69, 9.17) is 16.3 Å². The van der Waals surface area contributed by atoms with Crippen molar-refractivity contribution in [3.63, 3.8) is 0 Å². The quantitative estimate of drug-likeness (QED) is 0.705. The highest BCUT2D eigenvalue weighted by atomic mass is 79.9. The molecule has 0 aromatic heterocycles. The number of hydrogen-bond acceptors (Lipinski definition) is 3. The summed E-state index contributed by atoms with van der Waals surface area (Å²) in [5.41, 5.74) is 1.72. The highest BCUT2D eigenvalue weighted by Crippen LogP contribution is 2.27. The molecule has 2 amide bonds. The second kappa shape index (κ2) is 9.59. The third kappa shape index (κ3) is 6.35. The summed E-state index contributed by atoms with van der Waals surface area (Å²) >= 11 is 9.21. The van der Waals surface area contributed by atoms with Gasteiger partial charge in [0.05, 0.1) is 4.47 Å². The summed E-state index contributed by atoms with van der Waals surface area (Å²) in [6, 6.07) is 12.5. The molecule has 0 heterocycles. The molecule has 138 valence electrons. The van der Waals surface area contributed by atoms with Gasteiger partial charge in [0.2, 0.25) is 5.91 Å². The Balaban J connectivity index is 1.82. The third-order valence-electron chi connectivity index (χ3n) is 3.62. The van der Waals surface area contributed by atoms with E-state index in [0.29, 0.717) is 33.8 Å². The number of carbonyl (C=O) groups is 2. The van der Waals surface area contributed by atoms with Crippen LogP contribution < -0.4 is 10.1 Å². The van der Waals surface area contributed by atoms with Crippen LogP contribution in [0, 0.1) is 0 Å². The monoisotopic (exact) mass is 438 g/mol. The van der Waals surface area contributed by atoms with Gasteiger partial charge in [-0.25, -0.2) is 0 Å². The zero-order valence-corrected chi connectivity index (χ0v) is 16.9. The van der Waals surface area contributed by atoms with Crippen molar-refractivity contribution in [2.75, 3.05) is 26.0 Å². The maximum atomic E-state index is 12.0. The maximum Gasteiger partial charge on any atom is 0.262 e. The molecule has 1 N–H and O–H groups in total. The van der Waals surface area contributed by atoms with Crippen LogP contribution in [0.4, 0.5) is 5.69 Å². The fourth-order valence-electron chi connectivity index (χ4n) is 2.16. The Morgan fingerprint density at radius 1 is 1.15 bits per heavy atom. The number of halogens is 2. The lowest BCUT2D eigenvalue weighted by Gasteiger charge is -2.11. The number of nitrogens with zero attached hydrogens (tertiary/aromatic N) is 1. The van der Waals surface area contributed by atoms with E-state index >= 15 is 0 Å². The van der Waals surface area contributed by atoms with E-state index in [0.717, 1.165) is 5.56 Å². The molecule has 0 aliphatic rings. The number of benzene rings is 2. The smallest absolute Gasteiger partial charge is 0.262 e. The first-order valence-electron chi connectivity index (χ1n) is 8.02. The molecule has 0 saturated carbocycles. The fourth-order valence-corrected chi connectivity index (χ4v) is 2.96. The van der Waals surface area contributed by atoms with Crippen LogP contribution in [0.5, 0.6) is 5.75 Å². The second-order valence-corrected chi connectivity index (χ2v) is 7.19. The van der Waals surface area contributed by atoms with Crippen LogP contribution in [0.3, 0.4) is 0 Å². The van der Waals surface area contributed by atoms with Crippen molar-refractivity contribution in [1.29, 1.82) is 0 Å². The highest BCUT2D eigenvalue weighted by Gasteiger charge is 2.08. The molecule has 0 unspecified atom stereocenters. The van der Waals surface area contributed by atoms with Gasteiger partial charge in [-0.3, -0.25) is 9.59 Å². The van der Waals surface area contributed by atoms with Crippen molar-refractivity contribution < 1.29 is 14.3 Å². The largest absolute Gasteiger partial charge is 0.483 e. The van der Waals surface area contributed by atoms with Gasteiger partial charge in [-0.2, -0.15) is 0 Å². The van der Waals surface area contributed by atoms with Crippen LogP contribution in [-0.2, 0) is 16.0 Å². The molecule has 2 rings (SSSR count). The number of hydrogen-bond donors (Lipinski definition) is 1. The standard InChI is InChI=1S/C19H20BrClN2O3/c1-23(2)19(25)10-5-13-3-7-15(8-4-13)22-18(24)12-26-17-9-6-14(21)11-16(17)20/h3-4,6-9,11H,5,10,12H2,1-2H3,(H,22,24). The summed E-state index contributed by atoms with van der Waals surface area (Å²) < 4.78 is 6.17. The van der Waals surface area contributed by atoms with Gasteiger partial charge in [0.15, 0.2) is 6.61 Å². The second-order valence-electron chi connectivity index (χ2n) is 5.90. The molecule has 5 nitrogen and oxygen atoms in total. The lowest BCUT2D eigenvalue weighted by Crippen LogP contribution is -2.21. The summed E-state index contributed by atoms with van der Waals surface area (Å²) in [5.74, 6) is 0.376. The van der Waals surface area contributed by atoms with Gasteiger partial charge in [0.1, 0.15) is 5.75 Å². The van der Waals surface area contributed by atoms with E-state index in [9.17, 15) is 9.59 Å². The van der Waals surface area contributed by atoms with Gasteiger partial charge in [0.25, 0.3) is 5.91 Å². The average molecular weight is 440 g/mol. The average Bonchev–Trinajstić information content (AvgIpc) is 2.60. The maximum absolute atomic E-state index is 12.0. The van der Waals surface area contributed by atoms with Gasteiger partial charge in [-0.1, -0.05) is 23.7 Å². The Kier molecular flexibility index (Phi) is 7.48. The Morgan fingerprint density at radius 3 is 2.46 bits per heavy atom. The molecule has 2 aromatic carbocycles. The number of nitrogens with one attached hydrogen (secondary N) is 1. The van der Waals surface area contributed by atoms with E-state index in [-0.39, 0.29) is 18.4 Å². The topological polar surface area (TPSA) is 58.6 Å². The number of anilines is 1. The predicted molar refractivity (Wildman–Crippen MR) is 107 cm³/mol. The number of rotatable bonds is 7. The van der Waals surface area contributed by atoms with Crippen molar-refractivity contribution in [3.8, 4) is 5.75 Å². The first-order chi connectivity index (χ1) is 12.3. The molecule has 0 fully saturated rings. The molecule has 0 bridgehead atoms. The molecule has 26 heavy (non-hydrogen) atoms. The molecule has 0 spiro atoms. The Labute approximate surface area is 166 Å². The Bertz CT molecular complexity index is 779. The van der Waals surface area contributed by atoms with Crippen LogP contribution in [-0.4, -0.2) is 37.4 Å². The van der Waals surface area contributed by atoms with Crippen molar-refractivity contribution in [2.45, 2.75) is 12.8 Å². The van der Waals surface area contributed by atoms with E-state index < -0.39 is 0 Å². The summed E-state index contributed by atoms with van der Waals surface area (Å²) in [7, 11) is 3.48. The van der Waals surface area contributed by atoms with E-state index in [1.165, 1.54) is 0 Å². The van der Waals surface area contributed by atoms with Gasteiger partial charge < -0.3 is 15.0 Å². The highest BCUT2D eigenvalue weighted by molar-refractivity contribution is 9.10. The molecule has 0 atom stereocenters. The van der Waals surface area contributed by atoms with E-state index in [1.807, 2.05) is 24.3 Å². The molecule has 7 heteroatoms. The fraction of sp³-hybridized carbons (Fsp3) is 0.263. The van der Waals surface area contributed by atoms with Crippen LogP contribution in [0.25, 0.3) is 0 Å². The van der Waals surface area contributed by atoms with Gasteiger partial charge in [-0.05, 0) is 58.2 Å². The molecule has 0 aliphatic carbocycles. The zero-order valence-electron chi connectivity index (χ0n) is 14.6. The summed E-state index contributed by atoms with van der Waals surface area (Å²) in [6.45, 7) is -0.112. The summed E-state index contributed by atoms with van der Waals surface area (Å²) in [5, 5.41) is 3.36. The van der Waals surface area contributed by atoms with Crippen molar-refractivity contribution >= 4 is 45.0 Å². The number of amides is 2. The summed E-state index contributed by atoms with van der Waals surface area (Å²) in [6.07, 6.45) is 1.13. The van der Waals surface area contributed by atoms with E-state index in [2.05, 4.69) is 21.2 Å². The molecular weight excluding hydrogens is 420 g/mol. The SMILES string of the molecule is CN(C)C(=O)CCc1ccc(NC(=O)COc2ccc(Cl)cc2Br)cc1. The normalized spacial score (nSPS) is 10.3. The first-order valence-corrected chi connectivity index (χ1v) is 9.19. The summed E-state index contributed by atoms with van der Waals surface area (Å²) in [4.78, 5) is 25.2. The van der Waals surface area contributed by atoms with Gasteiger partial charge >= 0.3 is 0 Å². The minimum Gasteiger partial charge on any atom is -0.483 e. The van der Waals surface area contributed by atoms with Crippen LogP contribution in [0.1, 0.15) is 12.0 Å². The molecular formula is C19H20BrClN2O3. The first kappa shape index (κ1) is 20.3. The lowest BCUT2D eigenvalue weighted by atomic mass is 10.1. The minimum absolute atomic E-state index is 0.0906. The number of carbonyl (C=O) groups excluding carboxylic acids is 2. The Hall–Kier alpha value is -2.05. The van der Waals surface area contributed by atoms with Crippen LogP contribution >= 0.6 is 27.5 Å². The molecule has 0 aliphatic heterocycles. The van der Waals surface area contributed by atoms with Crippen molar-refractivity contribution in [3.05, 3.63) is 57.5 Å². The zero-order chi connectivity index (χ0) is 19.1. The molecule has 0 saturated heterocycles. The Morgan fingerprint density at radius 2 is 1.85 bits per heavy atom. The van der Waals surface area contributed by atoms with Crippen LogP contribution in [0.15, 0.2) is 46.9 Å². The minimum atomic E-state index is -0.262. The van der Waals surface area contributed by atoms with E-state index in [1.54, 1.807) is 37.2 Å². The number of aryl methyl sites for hydroxylation is 1. The van der Waals surface area contributed by atoms with Crippen LogP contribution in [0.2, 0.25) is 5.02 Å². The van der Waals surface area contributed by atoms with Gasteiger partial charge in [0, 0.05) is 31.2 Å². The van der Waals surface area contributed by atoms with Crippen molar-refractivity contribution in [1.82, 2.24) is 4.90 Å². The third-order valence-corrected chi connectivity index (χ3v) is 4.47. The van der Waals surface area contributed by atoms with Gasteiger partial charge in [-0.15, -0.1) is 0 Å².